The Labute approximate surface area is 113 Å². The first-order valence-electron chi connectivity index (χ1n) is 5.89. The summed E-state index contributed by atoms with van der Waals surface area (Å²) in [6.45, 7) is 6.79. The summed E-state index contributed by atoms with van der Waals surface area (Å²) < 4.78 is 5.26. The topological polar surface area (TPSA) is 41.6 Å². The van der Waals surface area contributed by atoms with Gasteiger partial charge in [0.2, 0.25) is 5.91 Å². The zero-order valence-electron chi connectivity index (χ0n) is 10.2. The molecule has 0 aromatic carbocycles. The van der Waals surface area contributed by atoms with Crippen LogP contribution in [-0.2, 0) is 9.53 Å². The van der Waals surface area contributed by atoms with Crippen LogP contribution in [0, 0.1) is 0 Å². The number of hydrogen-bond donors (Lipinski definition) is 1. The number of halogens is 2. The van der Waals surface area contributed by atoms with Gasteiger partial charge in [-0.25, -0.2) is 0 Å². The molecular formula is C11H20Cl2N2O2. The fourth-order valence-corrected chi connectivity index (χ4v) is 1.76. The van der Waals surface area contributed by atoms with Crippen molar-refractivity contribution in [2.75, 3.05) is 45.3 Å². The summed E-state index contributed by atoms with van der Waals surface area (Å²) in [4.78, 5) is 12.9. The summed E-state index contributed by atoms with van der Waals surface area (Å²) in [5.74, 6) is -0.0831. The lowest BCUT2D eigenvalue weighted by atomic mass is 10.2. The highest BCUT2D eigenvalue weighted by Crippen LogP contribution is 2.15. The van der Waals surface area contributed by atoms with Crippen LogP contribution in [0.2, 0.25) is 0 Å². The van der Waals surface area contributed by atoms with Gasteiger partial charge in [-0.05, 0) is 19.9 Å². The van der Waals surface area contributed by atoms with Crippen LogP contribution in [0.4, 0.5) is 0 Å². The molecule has 0 spiro atoms. The minimum Gasteiger partial charge on any atom is -0.379 e. The van der Waals surface area contributed by atoms with E-state index in [0.29, 0.717) is 6.54 Å². The molecule has 0 unspecified atom stereocenters. The fourth-order valence-electron chi connectivity index (χ4n) is 1.57. The van der Waals surface area contributed by atoms with Crippen LogP contribution in [0.1, 0.15) is 13.3 Å². The second-order valence-electron chi connectivity index (χ2n) is 4.39. The van der Waals surface area contributed by atoms with Gasteiger partial charge in [0.25, 0.3) is 0 Å². The molecule has 1 aliphatic rings. The Morgan fingerprint density at radius 3 is 2.71 bits per heavy atom. The van der Waals surface area contributed by atoms with Crippen molar-refractivity contribution in [3.8, 4) is 0 Å². The Morgan fingerprint density at radius 1 is 1.47 bits per heavy atom. The monoisotopic (exact) mass is 282 g/mol. The number of rotatable bonds is 6. The zero-order valence-corrected chi connectivity index (χ0v) is 11.7. The van der Waals surface area contributed by atoms with Crippen LogP contribution in [0.3, 0.4) is 0 Å². The smallest absolute Gasteiger partial charge is 0.242 e. The molecular weight excluding hydrogens is 263 g/mol. The largest absolute Gasteiger partial charge is 0.379 e. The molecule has 1 heterocycles. The van der Waals surface area contributed by atoms with Crippen LogP contribution >= 0.6 is 23.2 Å². The molecule has 0 bridgehead atoms. The van der Waals surface area contributed by atoms with Crippen LogP contribution in [0.25, 0.3) is 0 Å². The standard InChI is InChI=1S/C11H20Cl2N2O2/c1-11(13,9-12)10(16)14-3-2-4-15-5-7-17-8-6-15/h2-9H2,1H3,(H,14,16)/t11-/m0/s1. The summed E-state index contributed by atoms with van der Waals surface area (Å²) in [6, 6.07) is 0. The van der Waals surface area contributed by atoms with Crippen molar-refractivity contribution in [1.82, 2.24) is 10.2 Å². The van der Waals surface area contributed by atoms with Gasteiger partial charge >= 0.3 is 0 Å². The van der Waals surface area contributed by atoms with Gasteiger partial charge in [-0.2, -0.15) is 0 Å². The number of hydrogen-bond acceptors (Lipinski definition) is 3. The Balaban J connectivity index is 2.09. The maximum absolute atomic E-state index is 11.6. The van der Waals surface area contributed by atoms with Crippen LogP contribution in [0.15, 0.2) is 0 Å². The molecule has 1 atom stereocenters. The number of carbonyl (C=O) groups excluding carboxylic acids is 1. The molecule has 0 radical (unpaired) electrons. The van der Waals surface area contributed by atoms with E-state index in [0.717, 1.165) is 39.3 Å². The minimum absolute atomic E-state index is 0.115. The number of morpholine rings is 1. The van der Waals surface area contributed by atoms with Gasteiger partial charge in [0.15, 0.2) is 0 Å². The van der Waals surface area contributed by atoms with Crippen molar-refractivity contribution < 1.29 is 9.53 Å². The Kier molecular flexibility index (Phi) is 6.55. The molecule has 1 rings (SSSR count). The maximum Gasteiger partial charge on any atom is 0.242 e. The molecule has 0 aromatic rings. The number of nitrogens with one attached hydrogen (secondary N) is 1. The number of alkyl halides is 2. The Morgan fingerprint density at radius 2 is 2.12 bits per heavy atom. The van der Waals surface area contributed by atoms with E-state index < -0.39 is 4.87 Å². The van der Waals surface area contributed by atoms with E-state index in [1.807, 2.05) is 0 Å². The average molecular weight is 283 g/mol. The number of nitrogens with zero attached hydrogens (tertiary/aromatic N) is 1. The van der Waals surface area contributed by atoms with Gasteiger partial charge in [0, 0.05) is 19.6 Å². The van der Waals surface area contributed by atoms with Crippen LogP contribution in [-0.4, -0.2) is 61.0 Å². The third-order valence-electron chi connectivity index (χ3n) is 2.76. The Hall–Kier alpha value is -0.0300. The molecule has 17 heavy (non-hydrogen) atoms. The van der Waals surface area contributed by atoms with Gasteiger partial charge in [0.1, 0.15) is 4.87 Å². The van der Waals surface area contributed by atoms with Gasteiger partial charge < -0.3 is 10.1 Å². The third kappa shape index (κ3) is 5.42. The summed E-state index contributed by atoms with van der Waals surface area (Å²) in [7, 11) is 0. The van der Waals surface area contributed by atoms with Crippen molar-refractivity contribution in [1.29, 1.82) is 0 Å². The molecule has 4 nitrogen and oxygen atoms in total. The first-order valence-corrected chi connectivity index (χ1v) is 6.81. The van der Waals surface area contributed by atoms with Crippen molar-refractivity contribution in [2.45, 2.75) is 18.2 Å². The molecule has 0 saturated carbocycles. The molecule has 6 heteroatoms. The first-order chi connectivity index (χ1) is 8.06. The molecule has 0 aromatic heterocycles. The van der Waals surface area contributed by atoms with E-state index in [4.69, 9.17) is 27.9 Å². The average Bonchev–Trinajstić information content (AvgIpc) is 2.35. The highest BCUT2D eigenvalue weighted by molar-refractivity contribution is 6.39. The van der Waals surface area contributed by atoms with Crippen LogP contribution < -0.4 is 5.32 Å². The number of carbonyl (C=O) groups is 1. The molecule has 1 saturated heterocycles. The third-order valence-corrected chi connectivity index (χ3v) is 3.74. The van der Waals surface area contributed by atoms with E-state index in [1.165, 1.54) is 0 Å². The van der Waals surface area contributed by atoms with E-state index in [9.17, 15) is 4.79 Å². The van der Waals surface area contributed by atoms with E-state index in [2.05, 4.69) is 10.2 Å². The predicted octanol–water partition coefficient (Wildman–Crippen LogP) is 1.06. The molecule has 0 aliphatic carbocycles. The lowest BCUT2D eigenvalue weighted by molar-refractivity contribution is -0.122. The van der Waals surface area contributed by atoms with E-state index in [1.54, 1.807) is 6.92 Å². The summed E-state index contributed by atoms with van der Waals surface area (Å²) in [5.41, 5.74) is 0. The molecule has 1 N–H and O–H groups in total. The van der Waals surface area contributed by atoms with Crippen LogP contribution in [0.5, 0.6) is 0 Å². The zero-order chi connectivity index (χ0) is 12.7. The predicted molar refractivity (Wildman–Crippen MR) is 69.9 cm³/mol. The van der Waals surface area contributed by atoms with Crippen molar-refractivity contribution in [3.63, 3.8) is 0 Å². The SMILES string of the molecule is C[C@](Cl)(CCl)C(=O)NCCCN1CCOCC1. The summed E-state index contributed by atoms with van der Waals surface area (Å²) >= 11 is 11.5. The Bertz CT molecular complexity index is 244. The van der Waals surface area contributed by atoms with E-state index in [-0.39, 0.29) is 11.8 Å². The van der Waals surface area contributed by atoms with Gasteiger partial charge in [-0.3, -0.25) is 9.69 Å². The number of ether oxygens (including phenoxy) is 1. The molecule has 1 amide bonds. The van der Waals surface area contributed by atoms with Gasteiger partial charge in [-0.1, -0.05) is 0 Å². The lowest BCUT2D eigenvalue weighted by Gasteiger charge is -2.26. The van der Waals surface area contributed by atoms with E-state index >= 15 is 0 Å². The molecule has 1 aliphatic heterocycles. The van der Waals surface area contributed by atoms with Gasteiger partial charge in [-0.15, -0.1) is 23.2 Å². The first kappa shape index (κ1) is 15.0. The second-order valence-corrected chi connectivity index (χ2v) is 5.50. The molecule has 1 fully saturated rings. The van der Waals surface area contributed by atoms with Gasteiger partial charge in [0.05, 0.1) is 19.1 Å². The summed E-state index contributed by atoms with van der Waals surface area (Å²) in [6.07, 6.45) is 0.918. The van der Waals surface area contributed by atoms with Crippen molar-refractivity contribution in [2.24, 2.45) is 0 Å². The normalized spacial score (nSPS) is 20.9. The molecule has 100 valence electrons. The fraction of sp³-hybridized carbons (Fsp3) is 0.909. The van der Waals surface area contributed by atoms with Crippen molar-refractivity contribution in [3.05, 3.63) is 0 Å². The quantitative estimate of drug-likeness (QED) is 0.585. The minimum atomic E-state index is -0.999. The highest BCUT2D eigenvalue weighted by Gasteiger charge is 2.28. The highest BCUT2D eigenvalue weighted by atomic mass is 35.5. The maximum atomic E-state index is 11.6. The summed E-state index contributed by atoms with van der Waals surface area (Å²) in [5, 5.41) is 2.80. The number of amides is 1. The lowest BCUT2D eigenvalue weighted by Crippen LogP contribution is -2.43. The second kappa shape index (κ2) is 7.41. The van der Waals surface area contributed by atoms with Crippen molar-refractivity contribution >= 4 is 29.1 Å².